The molecule has 0 aromatic heterocycles. The molecule has 2 saturated heterocycles. The van der Waals surface area contributed by atoms with E-state index in [0.717, 1.165) is 13.0 Å². The van der Waals surface area contributed by atoms with Crippen molar-refractivity contribution < 1.29 is 13.8 Å². The molecule has 2 atom stereocenters. The van der Waals surface area contributed by atoms with Crippen molar-refractivity contribution in [2.75, 3.05) is 33.4 Å². The quantitative estimate of drug-likeness (QED) is 0.631. The highest BCUT2D eigenvalue weighted by Crippen LogP contribution is 2.50. The highest BCUT2D eigenvalue weighted by molar-refractivity contribution is 7.54. The zero-order valence-corrected chi connectivity index (χ0v) is 8.63. The zero-order valence-electron chi connectivity index (χ0n) is 7.73. The third kappa shape index (κ3) is 1.80. The molecule has 6 heteroatoms. The van der Waals surface area contributed by atoms with Crippen molar-refractivity contribution in [1.82, 2.24) is 9.76 Å². The number of ether oxygens (including phenoxy) is 1. The van der Waals surface area contributed by atoms with Gasteiger partial charge in [-0.05, 0) is 6.42 Å². The van der Waals surface area contributed by atoms with Gasteiger partial charge in [0, 0.05) is 26.7 Å². The van der Waals surface area contributed by atoms with Crippen molar-refractivity contribution in [2.24, 2.45) is 0 Å². The van der Waals surface area contributed by atoms with E-state index >= 15 is 0 Å². The van der Waals surface area contributed by atoms with E-state index in [1.54, 1.807) is 7.11 Å². The van der Waals surface area contributed by atoms with Crippen molar-refractivity contribution in [2.45, 2.75) is 12.5 Å². The maximum Gasteiger partial charge on any atom is 0.343 e. The molecule has 0 aromatic carbocycles. The van der Waals surface area contributed by atoms with Crippen LogP contribution in [0.15, 0.2) is 0 Å². The Morgan fingerprint density at radius 1 is 1.69 bits per heavy atom. The maximum absolute atomic E-state index is 12.0. The highest BCUT2D eigenvalue weighted by Gasteiger charge is 2.40. The van der Waals surface area contributed by atoms with Crippen molar-refractivity contribution in [3.63, 3.8) is 0 Å². The first-order chi connectivity index (χ1) is 6.24. The van der Waals surface area contributed by atoms with Crippen molar-refractivity contribution in [3.05, 3.63) is 0 Å². The molecule has 2 rings (SSSR count). The predicted molar refractivity (Wildman–Crippen MR) is 48.5 cm³/mol. The van der Waals surface area contributed by atoms with Crippen LogP contribution in [0.2, 0.25) is 0 Å². The summed E-state index contributed by atoms with van der Waals surface area (Å²) in [5.41, 5.74) is 0. The lowest BCUT2D eigenvalue weighted by molar-refractivity contribution is 0.0587. The van der Waals surface area contributed by atoms with E-state index in [2.05, 4.69) is 5.09 Å². The summed E-state index contributed by atoms with van der Waals surface area (Å²) in [7, 11) is -0.991. The molecule has 2 heterocycles. The lowest BCUT2D eigenvalue weighted by Crippen LogP contribution is -2.48. The van der Waals surface area contributed by atoms with E-state index < -0.39 is 7.67 Å². The molecular weight excluding hydrogens is 191 g/mol. The Balaban J connectivity index is 2.06. The van der Waals surface area contributed by atoms with Gasteiger partial charge in [-0.25, -0.2) is 9.76 Å². The largest absolute Gasteiger partial charge is 0.379 e. The van der Waals surface area contributed by atoms with Crippen LogP contribution >= 0.6 is 7.67 Å². The van der Waals surface area contributed by atoms with Gasteiger partial charge in [0.05, 0.1) is 12.7 Å². The molecule has 0 spiro atoms. The lowest BCUT2D eigenvalue weighted by Gasteiger charge is -2.40. The molecule has 0 bridgehead atoms. The van der Waals surface area contributed by atoms with Crippen LogP contribution in [-0.2, 0) is 13.8 Å². The van der Waals surface area contributed by atoms with Gasteiger partial charge in [-0.15, -0.1) is 0 Å². The van der Waals surface area contributed by atoms with E-state index in [0.29, 0.717) is 19.7 Å². The lowest BCUT2D eigenvalue weighted by atomic mass is 10.3. The molecule has 76 valence electrons. The van der Waals surface area contributed by atoms with Crippen LogP contribution in [0.4, 0.5) is 0 Å². The third-order valence-electron chi connectivity index (χ3n) is 2.47. The van der Waals surface area contributed by atoms with Gasteiger partial charge in [-0.3, -0.25) is 4.57 Å². The molecule has 0 aromatic rings. The van der Waals surface area contributed by atoms with Crippen molar-refractivity contribution >= 4 is 7.67 Å². The Hall–Kier alpha value is 0.0700. The minimum Gasteiger partial charge on any atom is -0.379 e. The van der Waals surface area contributed by atoms with Gasteiger partial charge < -0.3 is 9.26 Å². The van der Waals surface area contributed by atoms with E-state index in [4.69, 9.17) is 9.26 Å². The molecule has 5 nitrogen and oxygen atoms in total. The van der Waals surface area contributed by atoms with Crippen LogP contribution in [0.3, 0.4) is 0 Å². The SMILES string of the molecule is COC1CNP2(=O)OCCCN2C1. The van der Waals surface area contributed by atoms with Crippen LogP contribution in [-0.4, -0.2) is 44.1 Å². The summed E-state index contributed by atoms with van der Waals surface area (Å²) in [5.74, 6) is 0. The number of methoxy groups -OCH3 is 1. The van der Waals surface area contributed by atoms with E-state index in [9.17, 15) is 4.57 Å². The predicted octanol–water partition coefficient (Wildman–Crippen LogP) is 0.435. The summed E-state index contributed by atoms with van der Waals surface area (Å²) in [6.45, 7) is 2.76. The van der Waals surface area contributed by atoms with Crippen LogP contribution in [0.5, 0.6) is 0 Å². The number of hydrogen-bond donors (Lipinski definition) is 1. The van der Waals surface area contributed by atoms with Crippen LogP contribution in [0.1, 0.15) is 6.42 Å². The summed E-state index contributed by atoms with van der Waals surface area (Å²) in [6, 6.07) is 0. The molecule has 2 aliphatic heterocycles. The summed E-state index contributed by atoms with van der Waals surface area (Å²) < 4.78 is 24.4. The molecule has 2 aliphatic rings. The number of nitrogens with zero attached hydrogens (tertiary/aromatic N) is 1. The minimum atomic E-state index is -2.66. The average molecular weight is 206 g/mol. The highest BCUT2D eigenvalue weighted by atomic mass is 31.2. The van der Waals surface area contributed by atoms with Crippen molar-refractivity contribution in [1.29, 1.82) is 0 Å². The van der Waals surface area contributed by atoms with Crippen molar-refractivity contribution in [3.8, 4) is 0 Å². The minimum absolute atomic E-state index is 0.128. The van der Waals surface area contributed by atoms with Gasteiger partial charge in [0.25, 0.3) is 0 Å². The fraction of sp³-hybridized carbons (Fsp3) is 1.00. The number of rotatable bonds is 1. The van der Waals surface area contributed by atoms with E-state index in [1.807, 2.05) is 4.67 Å². The summed E-state index contributed by atoms with van der Waals surface area (Å²) in [6.07, 6.45) is 1.08. The van der Waals surface area contributed by atoms with Gasteiger partial charge in [0.15, 0.2) is 0 Å². The van der Waals surface area contributed by atoms with Gasteiger partial charge in [-0.1, -0.05) is 0 Å². The Kier molecular flexibility index (Phi) is 2.72. The number of hydrogen-bond acceptors (Lipinski definition) is 3. The smallest absolute Gasteiger partial charge is 0.343 e. The maximum atomic E-state index is 12.0. The normalized spacial score (nSPS) is 41.5. The van der Waals surface area contributed by atoms with Crippen LogP contribution < -0.4 is 5.09 Å². The monoisotopic (exact) mass is 206 g/mol. The summed E-state index contributed by atoms with van der Waals surface area (Å²) in [5, 5.41) is 2.93. The van der Waals surface area contributed by atoms with Crippen LogP contribution in [0.25, 0.3) is 0 Å². The van der Waals surface area contributed by atoms with Gasteiger partial charge in [0.2, 0.25) is 0 Å². The van der Waals surface area contributed by atoms with Gasteiger partial charge >= 0.3 is 7.67 Å². The standard InChI is InChI=1S/C7H15N2O3P/c1-11-7-5-8-13(10)9(6-7)3-2-4-12-13/h7H,2-6H2,1H3,(H,8,10). The molecular formula is C7H15N2O3P. The summed E-state index contributed by atoms with van der Waals surface area (Å²) in [4.78, 5) is 0. The van der Waals surface area contributed by atoms with Crippen LogP contribution in [0, 0.1) is 0 Å². The molecule has 2 unspecified atom stereocenters. The number of nitrogens with one attached hydrogen (secondary N) is 1. The molecule has 0 radical (unpaired) electrons. The first-order valence-corrected chi connectivity index (χ1v) is 6.10. The Labute approximate surface area is 77.9 Å². The Morgan fingerprint density at radius 2 is 2.54 bits per heavy atom. The Bertz CT molecular complexity index is 236. The average Bonchev–Trinajstić information content (AvgIpc) is 2.16. The van der Waals surface area contributed by atoms with E-state index in [1.165, 1.54) is 0 Å². The molecule has 13 heavy (non-hydrogen) atoms. The second kappa shape index (κ2) is 3.67. The number of fused-ring (bicyclic) bond motifs is 1. The second-order valence-electron chi connectivity index (χ2n) is 3.34. The fourth-order valence-electron chi connectivity index (χ4n) is 1.67. The zero-order chi connectivity index (χ0) is 9.31. The first kappa shape index (κ1) is 9.62. The third-order valence-corrected chi connectivity index (χ3v) is 4.69. The molecule has 0 amide bonds. The van der Waals surface area contributed by atoms with E-state index in [-0.39, 0.29) is 6.10 Å². The fourth-order valence-corrected chi connectivity index (χ4v) is 3.74. The Morgan fingerprint density at radius 3 is 3.31 bits per heavy atom. The topological polar surface area (TPSA) is 50.8 Å². The first-order valence-electron chi connectivity index (χ1n) is 4.52. The van der Waals surface area contributed by atoms with Gasteiger partial charge in [-0.2, -0.15) is 0 Å². The summed E-state index contributed by atoms with van der Waals surface area (Å²) >= 11 is 0. The molecule has 1 N–H and O–H groups in total. The second-order valence-corrected chi connectivity index (χ2v) is 5.52. The molecule has 2 fully saturated rings. The molecule has 0 aliphatic carbocycles. The molecule has 0 saturated carbocycles. The van der Waals surface area contributed by atoms with Gasteiger partial charge in [0.1, 0.15) is 0 Å².